The molecule has 0 aliphatic rings. The summed E-state index contributed by atoms with van der Waals surface area (Å²) in [7, 11) is 0. The number of carbonyl (C=O) groups excluding carboxylic acids is 1. The lowest BCUT2D eigenvalue weighted by atomic mass is 9.99. The highest BCUT2D eigenvalue weighted by atomic mass is 32.1. The number of Topliss-reactive ketones (excluding diaryl/α,β-unsaturated/α-hetero) is 1. The molecule has 1 aromatic carbocycles. The van der Waals surface area contributed by atoms with E-state index in [2.05, 4.69) is 12.6 Å². The van der Waals surface area contributed by atoms with Crippen LogP contribution < -0.4 is 0 Å². The quantitative estimate of drug-likeness (QED) is 0.566. The van der Waals surface area contributed by atoms with Gasteiger partial charge in [0.2, 0.25) is 0 Å². The molecule has 1 rings (SSSR count). The summed E-state index contributed by atoms with van der Waals surface area (Å²) >= 11 is 4.25. The normalized spacial score (nSPS) is 11.4. The third-order valence-corrected chi connectivity index (χ3v) is 2.04. The molecule has 0 heterocycles. The van der Waals surface area contributed by atoms with Crippen molar-refractivity contribution in [1.29, 1.82) is 0 Å². The van der Waals surface area contributed by atoms with E-state index in [4.69, 9.17) is 0 Å². The van der Waals surface area contributed by atoms with Crippen molar-refractivity contribution in [2.24, 2.45) is 0 Å². The molecule has 70 valence electrons. The number of ketones is 1. The SMILES string of the molecule is Cc1cccc(C(=O)C(C)(C)S)c1. The van der Waals surface area contributed by atoms with Crippen molar-refractivity contribution in [2.75, 3.05) is 0 Å². The summed E-state index contributed by atoms with van der Waals surface area (Å²) in [5.41, 5.74) is 1.84. The highest BCUT2D eigenvalue weighted by Gasteiger charge is 2.23. The fraction of sp³-hybridized carbons (Fsp3) is 0.364. The van der Waals surface area contributed by atoms with E-state index in [9.17, 15) is 4.79 Å². The average molecular weight is 194 g/mol. The zero-order chi connectivity index (χ0) is 10.1. The van der Waals surface area contributed by atoms with Crippen LogP contribution in [0.2, 0.25) is 0 Å². The molecule has 0 fully saturated rings. The third-order valence-electron chi connectivity index (χ3n) is 1.84. The Morgan fingerprint density at radius 2 is 2.00 bits per heavy atom. The maximum Gasteiger partial charge on any atom is 0.178 e. The Hall–Kier alpha value is -0.760. The Morgan fingerprint density at radius 3 is 2.46 bits per heavy atom. The fourth-order valence-electron chi connectivity index (χ4n) is 1.14. The number of hydrogen-bond acceptors (Lipinski definition) is 2. The van der Waals surface area contributed by atoms with Crippen LogP contribution >= 0.6 is 12.6 Å². The van der Waals surface area contributed by atoms with Gasteiger partial charge in [0.05, 0.1) is 4.75 Å². The van der Waals surface area contributed by atoms with Crippen molar-refractivity contribution in [1.82, 2.24) is 0 Å². The number of carbonyl (C=O) groups is 1. The summed E-state index contributed by atoms with van der Waals surface area (Å²) in [5, 5.41) is 0. The molecule has 13 heavy (non-hydrogen) atoms. The molecule has 0 amide bonds. The Labute approximate surface area is 84.6 Å². The Morgan fingerprint density at radius 1 is 1.38 bits per heavy atom. The standard InChI is InChI=1S/C11H14OS/c1-8-5-4-6-9(7-8)10(12)11(2,3)13/h4-7,13H,1-3H3. The predicted octanol–water partition coefficient (Wildman–Crippen LogP) is 2.89. The van der Waals surface area contributed by atoms with Crippen LogP contribution in [0.3, 0.4) is 0 Å². The number of hydrogen-bond donors (Lipinski definition) is 1. The van der Waals surface area contributed by atoms with E-state index in [0.29, 0.717) is 0 Å². The zero-order valence-electron chi connectivity index (χ0n) is 8.16. The largest absolute Gasteiger partial charge is 0.293 e. The van der Waals surface area contributed by atoms with Crippen molar-refractivity contribution in [3.8, 4) is 0 Å². The first kappa shape index (κ1) is 10.3. The van der Waals surface area contributed by atoms with Crippen LogP contribution in [0.5, 0.6) is 0 Å². The van der Waals surface area contributed by atoms with Crippen molar-refractivity contribution in [2.45, 2.75) is 25.5 Å². The first-order chi connectivity index (χ1) is 5.91. The van der Waals surface area contributed by atoms with Crippen molar-refractivity contribution >= 4 is 18.4 Å². The molecule has 0 N–H and O–H groups in total. The minimum atomic E-state index is -0.589. The molecule has 0 spiro atoms. The molecule has 0 unspecified atom stereocenters. The number of thiol groups is 1. The topological polar surface area (TPSA) is 17.1 Å². The third kappa shape index (κ3) is 2.59. The minimum absolute atomic E-state index is 0.0690. The van der Waals surface area contributed by atoms with Crippen LogP contribution in [-0.4, -0.2) is 10.5 Å². The Balaban J connectivity index is 3.03. The molecule has 0 bridgehead atoms. The van der Waals surface area contributed by atoms with E-state index in [1.54, 1.807) is 13.8 Å². The fourth-order valence-corrected chi connectivity index (χ4v) is 1.27. The molecule has 0 saturated carbocycles. The molecule has 0 aromatic heterocycles. The molecule has 0 atom stereocenters. The Kier molecular flexibility index (Phi) is 2.81. The molecule has 0 radical (unpaired) electrons. The summed E-state index contributed by atoms with van der Waals surface area (Å²) in [4.78, 5) is 11.7. The number of rotatable bonds is 2. The van der Waals surface area contributed by atoms with E-state index in [0.717, 1.165) is 11.1 Å². The summed E-state index contributed by atoms with van der Waals surface area (Å²) in [6.07, 6.45) is 0. The average Bonchev–Trinajstić information content (AvgIpc) is 2.01. The van der Waals surface area contributed by atoms with Crippen molar-refractivity contribution in [3.63, 3.8) is 0 Å². The van der Waals surface area contributed by atoms with Crippen molar-refractivity contribution in [3.05, 3.63) is 35.4 Å². The molecule has 0 saturated heterocycles. The first-order valence-electron chi connectivity index (χ1n) is 4.25. The molecule has 2 heteroatoms. The lowest BCUT2D eigenvalue weighted by Crippen LogP contribution is -2.24. The predicted molar refractivity (Wildman–Crippen MR) is 58.6 cm³/mol. The second-order valence-corrected chi connectivity index (χ2v) is 4.88. The molecule has 0 aliphatic heterocycles. The second-order valence-electron chi connectivity index (χ2n) is 3.76. The van der Waals surface area contributed by atoms with E-state index in [-0.39, 0.29) is 5.78 Å². The van der Waals surface area contributed by atoms with Crippen LogP contribution in [0.15, 0.2) is 24.3 Å². The lowest BCUT2D eigenvalue weighted by molar-refractivity contribution is 0.0959. The van der Waals surface area contributed by atoms with Gasteiger partial charge in [-0.1, -0.05) is 23.8 Å². The van der Waals surface area contributed by atoms with Gasteiger partial charge in [-0.2, -0.15) is 12.6 Å². The number of aryl methyl sites for hydroxylation is 1. The molecular weight excluding hydrogens is 180 g/mol. The Bertz CT molecular complexity index is 323. The second kappa shape index (κ2) is 3.54. The van der Waals surface area contributed by atoms with Gasteiger partial charge in [0.25, 0.3) is 0 Å². The highest BCUT2D eigenvalue weighted by molar-refractivity contribution is 7.82. The van der Waals surface area contributed by atoms with Gasteiger partial charge >= 0.3 is 0 Å². The van der Waals surface area contributed by atoms with Gasteiger partial charge in [-0.3, -0.25) is 4.79 Å². The zero-order valence-corrected chi connectivity index (χ0v) is 9.06. The lowest BCUT2D eigenvalue weighted by Gasteiger charge is -2.15. The van der Waals surface area contributed by atoms with Crippen LogP contribution in [0, 0.1) is 6.92 Å². The van der Waals surface area contributed by atoms with Gasteiger partial charge in [-0.25, -0.2) is 0 Å². The van der Waals surface area contributed by atoms with Crippen LogP contribution in [-0.2, 0) is 0 Å². The highest BCUT2D eigenvalue weighted by Crippen LogP contribution is 2.19. The van der Waals surface area contributed by atoms with Crippen LogP contribution in [0.1, 0.15) is 29.8 Å². The summed E-state index contributed by atoms with van der Waals surface area (Å²) < 4.78 is -0.589. The van der Waals surface area contributed by atoms with Crippen LogP contribution in [0.25, 0.3) is 0 Å². The maximum atomic E-state index is 11.7. The molecule has 0 aliphatic carbocycles. The molecular formula is C11H14OS. The van der Waals surface area contributed by atoms with Gasteiger partial charge < -0.3 is 0 Å². The summed E-state index contributed by atoms with van der Waals surface area (Å²) in [6.45, 7) is 5.59. The minimum Gasteiger partial charge on any atom is -0.293 e. The summed E-state index contributed by atoms with van der Waals surface area (Å²) in [5.74, 6) is 0.0690. The van der Waals surface area contributed by atoms with E-state index in [1.807, 2.05) is 31.2 Å². The van der Waals surface area contributed by atoms with Gasteiger partial charge in [0.1, 0.15) is 0 Å². The van der Waals surface area contributed by atoms with Crippen molar-refractivity contribution < 1.29 is 4.79 Å². The molecule has 1 aromatic rings. The van der Waals surface area contributed by atoms with Gasteiger partial charge in [-0.05, 0) is 26.8 Å². The smallest absolute Gasteiger partial charge is 0.178 e. The van der Waals surface area contributed by atoms with Gasteiger partial charge in [0.15, 0.2) is 5.78 Å². The van der Waals surface area contributed by atoms with E-state index < -0.39 is 4.75 Å². The van der Waals surface area contributed by atoms with Gasteiger partial charge in [-0.15, -0.1) is 0 Å². The monoisotopic (exact) mass is 194 g/mol. The number of benzene rings is 1. The van der Waals surface area contributed by atoms with E-state index >= 15 is 0 Å². The summed E-state index contributed by atoms with van der Waals surface area (Å²) in [6, 6.07) is 7.58. The van der Waals surface area contributed by atoms with E-state index in [1.165, 1.54) is 0 Å². The molecule has 1 nitrogen and oxygen atoms in total. The van der Waals surface area contributed by atoms with Gasteiger partial charge in [0, 0.05) is 5.56 Å². The first-order valence-corrected chi connectivity index (χ1v) is 4.70. The maximum absolute atomic E-state index is 11.7. The van der Waals surface area contributed by atoms with Crippen LogP contribution in [0.4, 0.5) is 0 Å².